The second-order valence-electron chi connectivity index (χ2n) is 9.34. The predicted octanol–water partition coefficient (Wildman–Crippen LogP) is 5.93. The van der Waals surface area contributed by atoms with Crippen molar-refractivity contribution in [2.45, 2.75) is 12.7 Å². The van der Waals surface area contributed by atoms with Crippen LogP contribution < -0.4 is 24.8 Å². The summed E-state index contributed by atoms with van der Waals surface area (Å²) in [4.78, 5) is 23.2. The van der Waals surface area contributed by atoms with Crippen LogP contribution in [0.25, 0.3) is 10.9 Å². The molecule has 0 saturated carbocycles. The minimum absolute atomic E-state index is 0.0731. The lowest BCUT2D eigenvalue weighted by atomic mass is 10.0. The van der Waals surface area contributed by atoms with Crippen LogP contribution in [0.1, 0.15) is 11.1 Å². The van der Waals surface area contributed by atoms with Crippen LogP contribution in [0, 0.1) is 0 Å². The van der Waals surface area contributed by atoms with Crippen molar-refractivity contribution in [2.75, 3.05) is 51.2 Å². The molecule has 13 heteroatoms. The Morgan fingerprint density at radius 3 is 2.45 bits per heavy atom. The van der Waals surface area contributed by atoms with Gasteiger partial charge in [0.2, 0.25) is 5.88 Å². The van der Waals surface area contributed by atoms with Crippen LogP contribution >= 0.6 is 0 Å². The number of urea groups is 1. The molecule has 5 rings (SSSR count). The van der Waals surface area contributed by atoms with E-state index >= 15 is 0 Å². The third kappa shape index (κ3) is 6.64. The number of carbonyl (C=O) groups excluding carboxylic acids is 1. The number of ether oxygens (including phenoxy) is 4. The van der Waals surface area contributed by atoms with Gasteiger partial charge in [-0.2, -0.15) is 13.2 Å². The van der Waals surface area contributed by atoms with E-state index in [4.69, 9.17) is 18.9 Å². The highest BCUT2D eigenvalue weighted by Gasteiger charge is 2.37. The molecule has 0 aliphatic carbocycles. The average Bonchev–Trinajstić information content (AvgIpc) is 2.96. The van der Waals surface area contributed by atoms with Crippen molar-refractivity contribution in [1.29, 1.82) is 0 Å². The van der Waals surface area contributed by atoms with E-state index in [9.17, 15) is 18.0 Å². The highest BCUT2D eigenvalue weighted by molar-refractivity contribution is 6.00. The summed E-state index contributed by atoms with van der Waals surface area (Å²) < 4.78 is 64.4. The monoisotopic (exact) mass is 583 g/mol. The first-order valence-electron chi connectivity index (χ1n) is 13.0. The zero-order valence-electron chi connectivity index (χ0n) is 22.8. The van der Waals surface area contributed by atoms with Gasteiger partial charge in [0, 0.05) is 37.5 Å². The molecule has 2 N–H and O–H groups in total. The number of aromatic nitrogens is 2. The Bertz CT molecular complexity index is 1580. The Kier molecular flexibility index (Phi) is 8.59. The van der Waals surface area contributed by atoms with Crippen LogP contribution in [0.2, 0.25) is 0 Å². The number of rotatable bonds is 8. The second-order valence-corrected chi connectivity index (χ2v) is 9.34. The molecule has 0 bridgehead atoms. The van der Waals surface area contributed by atoms with E-state index in [2.05, 4.69) is 20.6 Å². The zero-order chi connectivity index (χ0) is 29.7. The van der Waals surface area contributed by atoms with Crippen molar-refractivity contribution in [3.05, 3.63) is 72.1 Å². The van der Waals surface area contributed by atoms with Gasteiger partial charge in [0.1, 0.15) is 12.1 Å². The fourth-order valence-corrected chi connectivity index (χ4v) is 4.65. The summed E-state index contributed by atoms with van der Waals surface area (Å²) in [5, 5.41) is 5.49. The van der Waals surface area contributed by atoms with Gasteiger partial charge in [0.15, 0.2) is 11.5 Å². The van der Waals surface area contributed by atoms with Crippen molar-refractivity contribution in [3.63, 3.8) is 0 Å². The van der Waals surface area contributed by atoms with Crippen LogP contribution in [0.3, 0.4) is 0 Å². The smallest absolute Gasteiger partial charge is 0.418 e. The largest absolute Gasteiger partial charge is 0.493 e. The lowest BCUT2D eigenvalue weighted by molar-refractivity contribution is -0.137. The molecule has 3 aromatic carbocycles. The van der Waals surface area contributed by atoms with Gasteiger partial charge in [0.25, 0.3) is 0 Å². The molecule has 0 radical (unpaired) electrons. The maximum atomic E-state index is 14.1. The van der Waals surface area contributed by atoms with Gasteiger partial charge in [-0.05, 0) is 29.8 Å². The van der Waals surface area contributed by atoms with Crippen LogP contribution in [-0.4, -0.2) is 61.4 Å². The van der Waals surface area contributed by atoms with Crippen LogP contribution in [0.15, 0.2) is 60.9 Å². The SMILES string of the molecule is COc1cc2ncnc(Oc3cccc(NC(=O)Nc4cccc(CN5CCOCC5)c4C(F)(F)F)c3)c2cc1OC. The first-order valence-corrected chi connectivity index (χ1v) is 13.0. The minimum atomic E-state index is -4.67. The van der Waals surface area contributed by atoms with E-state index in [1.165, 1.54) is 44.8 Å². The summed E-state index contributed by atoms with van der Waals surface area (Å²) in [5.41, 5.74) is -0.298. The molecular formula is C29H28F3N5O5. The van der Waals surface area contributed by atoms with E-state index < -0.39 is 17.8 Å². The van der Waals surface area contributed by atoms with Gasteiger partial charge in [-0.15, -0.1) is 0 Å². The number of carbonyl (C=O) groups is 1. The number of methoxy groups -OCH3 is 2. The number of fused-ring (bicyclic) bond motifs is 1. The molecule has 42 heavy (non-hydrogen) atoms. The number of nitrogens with one attached hydrogen (secondary N) is 2. The molecular weight excluding hydrogens is 555 g/mol. The average molecular weight is 584 g/mol. The molecule has 1 aromatic heterocycles. The van der Waals surface area contributed by atoms with Crippen LogP contribution in [0.4, 0.5) is 29.3 Å². The van der Waals surface area contributed by atoms with Crippen molar-refractivity contribution < 1.29 is 36.9 Å². The fourth-order valence-electron chi connectivity index (χ4n) is 4.65. The number of morpholine rings is 1. The first kappa shape index (κ1) is 28.9. The van der Waals surface area contributed by atoms with Gasteiger partial charge >= 0.3 is 12.2 Å². The van der Waals surface area contributed by atoms with E-state index in [1.807, 2.05) is 4.90 Å². The summed E-state index contributed by atoms with van der Waals surface area (Å²) in [6, 6.07) is 13.1. The summed E-state index contributed by atoms with van der Waals surface area (Å²) in [5.74, 6) is 1.51. The van der Waals surface area contributed by atoms with Crippen LogP contribution in [0.5, 0.6) is 23.1 Å². The number of amides is 2. The lowest BCUT2D eigenvalue weighted by Gasteiger charge is -2.28. The molecule has 0 spiro atoms. The zero-order valence-corrected chi connectivity index (χ0v) is 22.8. The number of benzene rings is 3. The number of nitrogens with zero attached hydrogens (tertiary/aromatic N) is 3. The standard InChI is InChI=1S/C29H28F3N5O5/c1-39-24-14-21-23(15-25(24)40-2)33-17-34-27(21)42-20-7-4-6-19(13-20)35-28(38)36-22-8-3-5-18(26(22)29(30,31)32)16-37-9-11-41-12-10-37/h3-8,13-15,17H,9-12,16H2,1-2H3,(H2,35,36,38). The van der Waals surface area contributed by atoms with Gasteiger partial charge in [-0.3, -0.25) is 4.90 Å². The molecule has 1 aliphatic heterocycles. The van der Waals surface area contributed by atoms with Gasteiger partial charge in [-0.1, -0.05) is 18.2 Å². The molecule has 1 saturated heterocycles. The molecule has 4 aromatic rings. The van der Waals surface area contributed by atoms with Crippen molar-refractivity contribution in [1.82, 2.24) is 14.9 Å². The fraction of sp³-hybridized carbons (Fsp3) is 0.276. The van der Waals surface area contributed by atoms with Gasteiger partial charge in [0.05, 0.1) is 49.6 Å². The summed E-state index contributed by atoms with van der Waals surface area (Å²) in [6.07, 6.45) is -3.34. The molecule has 2 heterocycles. The molecule has 1 fully saturated rings. The van der Waals surface area contributed by atoms with E-state index in [0.717, 1.165) is 0 Å². The highest BCUT2D eigenvalue weighted by Crippen LogP contribution is 2.39. The van der Waals surface area contributed by atoms with Crippen molar-refractivity contribution in [3.8, 4) is 23.1 Å². The summed E-state index contributed by atoms with van der Waals surface area (Å²) in [6.45, 7) is 2.06. The molecule has 220 valence electrons. The van der Waals surface area contributed by atoms with Crippen molar-refractivity contribution >= 4 is 28.3 Å². The molecule has 2 amide bonds. The minimum Gasteiger partial charge on any atom is -0.493 e. The maximum Gasteiger partial charge on any atom is 0.418 e. The summed E-state index contributed by atoms with van der Waals surface area (Å²) in [7, 11) is 3.02. The summed E-state index contributed by atoms with van der Waals surface area (Å²) >= 11 is 0. The van der Waals surface area contributed by atoms with E-state index in [1.54, 1.807) is 30.3 Å². The maximum absolute atomic E-state index is 14.1. The van der Waals surface area contributed by atoms with E-state index in [-0.39, 0.29) is 23.7 Å². The molecule has 0 unspecified atom stereocenters. The normalized spacial score (nSPS) is 13.9. The Labute approximate surface area is 239 Å². The Hall–Kier alpha value is -4.62. The quantitative estimate of drug-likeness (QED) is 0.263. The highest BCUT2D eigenvalue weighted by atomic mass is 19.4. The lowest BCUT2D eigenvalue weighted by Crippen LogP contribution is -2.36. The number of alkyl halides is 3. The Morgan fingerprint density at radius 1 is 0.976 bits per heavy atom. The molecule has 0 atom stereocenters. The van der Waals surface area contributed by atoms with Crippen molar-refractivity contribution in [2.24, 2.45) is 0 Å². The topological polar surface area (TPSA) is 107 Å². The first-order chi connectivity index (χ1) is 20.2. The number of halogens is 3. The number of hydrogen-bond donors (Lipinski definition) is 2. The second kappa shape index (κ2) is 12.5. The third-order valence-electron chi connectivity index (χ3n) is 6.59. The number of hydrogen-bond acceptors (Lipinski definition) is 8. The Balaban J connectivity index is 1.33. The van der Waals surface area contributed by atoms with Gasteiger partial charge in [-0.25, -0.2) is 14.8 Å². The molecule has 10 nitrogen and oxygen atoms in total. The van der Waals surface area contributed by atoms with Crippen LogP contribution in [-0.2, 0) is 17.5 Å². The Morgan fingerprint density at radius 2 is 1.71 bits per heavy atom. The van der Waals surface area contributed by atoms with Gasteiger partial charge < -0.3 is 29.6 Å². The number of anilines is 2. The predicted molar refractivity (Wildman–Crippen MR) is 149 cm³/mol. The third-order valence-corrected chi connectivity index (χ3v) is 6.59. The molecule has 1 aliphatic rings. The van der Waals surface area contributed by atoms with E-state index in [0.29, 0.717) is 60.1 Å².